The Bertz CT molecular complexity index is 259. The highest BCUT2D eigenvalue weighted by atomic mass is 16.5. The van der Waals surface area contributed by atoms with E-state index in [9.17, 15) is 0 Å². The zero-order chi connectivity index (χ0) is 12.2. The molecule has 0 aliphatic heterocycles. The average molecular weight is 236 g/mol. The summed E-state index contributed by atoms with van der Waals surface area (Å²) < 4.78 is 11.1. The summed E-state index contributed by atoms with van der Waals surface area (Å²) in [6.45, 7) is 5.40. The number of hydrogen-bond acceptors (Lipinski definition) is 2. The molecular weight excluding hydrogens is 212 g/mol. The molecule has 0 bridgehead atoms. The second-order valence-corrected chi connectivity index (χ2v) is 4.21. The predicted octanol–water partition coefficient (Wildman–Crippen LogP) is 3.80. The van der Waals surface area contributed by atoms with E-state index in [2.05, 4.69) is 19.1 Å². The van der Waals surface area contributed by atoms with Gasteiger partial charge in [0.1, 0.15) is 0 Å². The van der Waals surface area contributed by atoms with Crippen LogP contribution in [0.1, 0.15) is 38.2 Å². The average Bonchev–Trinajstić information content (AvgIpc) is 2.38. The highest BCUT2D eigenvalue weighted by molar-refractivity contribution is 5.13. The fourth-order valence-electron chi connectivity index (χ4n) is 1.58. The Morgan fingerprint density at radius 1 is 0.824 bits per heavy atom. The van der Waals surface area contributed by atoms with Gasteiger partial charge in [-0.15, -0.1) is 0 Å². The first-order valence-electron chi connectivity index (χ1n) is 6.63. The molecule has 0 saturated carbocycles. The zero-order valence-electron chi connectivity index (χ0n) is 10.9. The highest BCUT2D eigenvalue weighted by Crippen LogP contribution is 2.01. The van der Waals surface area contributed by atoms with Gasteiger partial charge in [0.15, 0.2) is 0 Å². The number of ether oxygens (including phenoxy) is 2. The van der Waals surface area contributed by atoms with Gasteiger partial charge in [-0.25, -0.2) is 0 Å². The minimum atomic E-state index is 0.705. The molecule has 0 unspecified atom stereocenters. The Labute approximate surface area is 105 Å². The molecule has 1 rings (SSSR count). The van der Waals surface area contributed by atoms with Gasteiger partial charge in [-0.05, 0) is 18.4 Å². The Hall–Kier alpha value is -0.860. The second kappa shape index (κ2) is 10.3. The zero-order valence-corrected chi connectivity index (χ0v) is 10.9. The quantitative estimate of drug-likeness (QED) is 0.575. The van der Waals surface area contributed by atoms with E-state index in [1.54, 1.807) is 0 Å². The maximum atomic E-state index is 5.57. The van der Waals surface area contributed by atoms with E-state index in [-0.39, 0.29) is 0 Å². The van der Waals surface area contributed by atoms with Crippen LogP contribution < -0.4 is 0 Å². The molecule has 0 N–H and O–H groups in total. The highest BCUT2D eigenvalue weighted by Gasteiger charge is 1.93. The van der Waals surface area contributed by atoms with Crippen LogP contribution in [-0.4, -0.2) is 19.8 Å². The van der Waals surface area contributed by atoms with Gasteiger partial charge in [-0.1, -0.05) is 50.1 Å². The molecule has 0 fully saturated rings. The first-order chi connectivity index (χ1) is 8.43. The van der Waals surface area contributed by atoms with E-state index in [1.165, 1.54) is 24.8 Å². The van der Waals surface area contributed by atoms with Crippen LogP contribution in [0.4, 0.5) is 0 Å². The predicted molar refractivity (Wildman–Crippen MR) is 71.1 cm³/mol. The lowest BCUT2D eigenvalue weighted by atomic mass is 10.2. The molecule has 0 heterocycles. The van der Waals surface area contributed by atoms with Crippen molar-refractivity contribution in [2.45, 2.75) is 39.2 Å². The van der Waals surface area contributed by atoms with Gasteiger partial charge in [0.2, 0.25) is 0 Å². The fraction of sp³-hybridized carbons (Fsp3) is 0.600. The van der Waals surface area contributed by atoms with Crippen LogP contribution >= 0.6 is 0 Å². The van der Waals surface area contributed by atoms with Crippen molar-refractivity contribution in [3.8, 4) is 0 Å². The largest absolute Gasteiger partial charge is 0.381 e. The van der Waals surface area contributed by atoms with E-state index in [0.29, 0.717) is 6.61 Å². The van der Waals surface area contributed by atoms with Gasteiger partial charge in [0, 0.05) is 19.8 Å². The van der Waals surface area contributed by atoms with Gasteiger partial charge in [-0.2, -0.15) is 0 Å². The molecule has 0 radical (unpaired) electrons. The van der Waals surface area contributed by atoms with Crippen LogP contribution in [0, 0.1) is 0 Å². The van der Waals surface area contributed by atoms with Gasteiger partial charge in [-0.3, -0.25) is 0 Å². The standard InChI is InChI=1S/C15H24O2/c1-2-3-7-11-16-12-8-13-17-14-15-9-5-4-6-10-15/h4-6,9-10H,2-3,7-8,11-14H2,1H3. The molecule has 1 aromatic rings. The van der Waals surface area contributed by atoms with Crippen LogP contribution in [0.25, 0.3) is 0 Å². The molecule has 2 heteroatoms. The molecular formula is C15H24O2. The van der Waals surface area contributed by atoms with Crippen molar-refractivity contribution in [2.24, 2.45) is 0 Å². The minimum absolute atomic E-state index is 0.705. The molecule has 0 aliphatic carbocycles. The molecule has 0 atom stereocenters. The van der Waals surface area contributed by atoms with Crippen LogP contribution in [0.15, 0.2) is 30.3 Å². The molecule has 0 amide bonds. The Kier molecular flexibility index (Phi) is 8.61. The molecule has 17 heavy (non-hydrogen) atoms. The monoisotopic (exact) mass is 236 g/mol. The lowest BCUT2D eigenvalue weighted by Crippen LogP contribution is -2.02. The van der Waals surface area contributed by atoms with Gasteiger partial charge < -0.3 is 9.47 Å². The number of rotatable bonds is 10. The summed E-state index contributed by atoms with van der Waals surface area (Å²) in [4.78, 5) is 0. The van der Waals surface area contributed by atoms with Crippen molar-refractivity contribution in [1.29, 1.82) is 0 Å². The second-order valence-electron chi connectivity index (χ2n) is 4.21. The summed E-state index contributed by atoms with van der Waals surface area (Å²) in [5.74, 6) is 0. The van der Waals surface area contributed by atoms with Crippen LogP contribution in [0.3, 0.4) is 0 Å². The first kappa shape index (κ1) is 14.2. The molecule has 2 nitrogen and oxygen atoms in total. The third-order valence-electron chi connectivity index (χ3n) is 2.58. The van der Waals surface area contributed by atoms with Crippen molar-refractivity contribution in [1.82, 2.24) is 0 Å². The van der Waals surface area contributed by atoms with Crippen molar-refractivity contribution in [3.05, 3.63) is 35.9 Å². The van der Waals surface area contributed by atoms with Crippen molar-refractivity contribution >= 4 is 0 Å². The third-order valence-corrected chi connectivity index (χ3v) is 2.58. The summed E-state index contributed by atoms with van der Waals surface area (Å²) in [7, 11) is 0. The Morgan fingerprint density at radius 3 is 2.29 bits per heavy atom. The molecule has 96 valence electrons. The van der Waals surface area contributed by atoms with Gasteiger partial charge in [0.25, 0.3) is 0 Å². The van der Waals surface area contributed by atoms with E-state index < -0.39 is 0 Å². The lowest BCUT2D eigenvalue weighted by molar-refractivity contribution is 0.0744. The van der Waals surface area contributed by atoms with Crippen molar-refractivity contribution in [2.75, 3.05) is 19.8 Å². The normalized spacial score (nSPS) is 10.6. The maximum Gasteiger partial charge on any atom is 0.0716 e. The SMILES string of the molecule is CCCCCOCCCOCc1ccccc1. The lowest BCUT2D eigenvalue weighted by Gasteiger charge is -2.05. The molecule has 1 aromatic carbocycles. The van der Waals surface area contributed by atoms with E-state index in [4.69, 9.17) is 9.47 Å². The smallest absolute Gasteiger partial charge is 0.0716 e. The number of benzene rings is 1. The summed E-state index contributed by atoms with van der Waals surface area (Å²) >= 11 is 0. The third kappa shape index (κ3) is 7.94. The maximum absolute atomic E-state index is 5.57. The summed E-state index contributed by atoms with van der Waals surface area (Å²) in [5.41, 5.74) is 1.23. The van der Waals surface area contributed by atoms with E-state index >= 15 is 0 Å². The van der Waals surface area contributed by atoms with Crippen molar-refractivity contribution in [3.63, 3.8) is 0 Å². The van der Waals surface area contributed by atoms with Crippen LogP contribution in [0.2, 0.25) is 0 Å². The summed E-state index contributed by atoms with van der Waals surface area (Å²) in [6, 6.07) is 10.3. The molecule has 0 spiro atoms. The fourth-order valence-corrected chi connectivity index (χ4v) is 1.58. The Morgan fingerprint density at radius 2 is 1.53 bits per heavy atom. The van der Waals surface area contributed by atoms with Gasteiger partial charge >= 0.3 is 0 Å². The van der Waals surface area contributed by atoms with Crippen molar-refractivity contribution < 1.29 is 9.47 Å². The van der Waals surface area contributed by atoms with E-state index in [0.717, 1.165) is 26.2 Å². The summed E-state index contributed by atoms with van der Waals surface area (Å²) in [6.07, 6.45) is 4.69. The molecule has 0 saturated heterocycles. The van der Waals surface area contributed by atoms with Gasteiger partial charge in [0.05, 0.1) is 6.61 Å². The van der Waals surface area contributed by atoms with E-state index in [1.807, 2.05) is 18.2 Å². The summed E-state index contributed by atoms with van der Waals surface area (Å²) in [5, 5.41) is 0. The minimum Gasteiger partial charge on any atom is -0.381 e. The number of unbranched alkanes of at least 4 members (excludes halogenated alkanes) is 2. The Balaban J connectivity index is 1.85. The molecule has 0 aliphatic rings. The molecule has 0 aromatic heterocycles. The first-order valence-corrected chi connectivity index (χ1v) is 6.63. The topological polar surface area (TPSA) is 18.5 Å². The van der Waals surface area contributed by atoms with Crippen LogP contribution in [0.5, 0.6) is 0 Å². The van der Waals surface area contributed by atoms with Crippen LogP contribution in [-0.2, 0) is 16.1 Å². The number of hydrogen-bond donors (Lipinski definition) is 0.